The predicted molar refractivity (Wildman–Crippen MR) is 80.5 cm³/mol. The van der Waals surface area contributed by atoms with Gasteiger partial charge in [0.05, 0.1) is 17.7 Å². The molecule has 0 amide bonds. The number of thiophene rings is 1. The standard InChI is InChI=1S/C15H17NO2S/c1-4-16-13-9-14(19-15(13)10(2)17)11-6-5-7-12(8-11)18-3/h5-9,16H,4H2,1-3H3. The number of benzene rings is 1. The van der Waals surface area contributed by atoms with E-state index in [1.165, 1.54) is 11.3 Å². The van der Waals surface area contributed by atoms with Gasteiger partial charge in [-0.3, -0.25) is 4.79 Å². The fourth-order valence-electron chi connectivity index (χ4n) is 1.89. The van der Waals surface area contributed by atoms with Gasteiger partial charge in [0.15, 0.2) is 5.78 Å². The van der Waals surface area contributed by atoms with E-state index >= 15 is 0 Å². The van der Waals surface area contributed by atoms with Gasteiger partial charge in [-0.15, -0.1) is 11.3 Å². The second-order valence-electron chi connectivity index (χ2n) is 4.17. The maximum absolute atomic E-state index is 11.7. The summed E-state index contributed by atoms with van der Waals surface area (Å²) < 4.78 is 5.23. The zero-order valence-electron chi connectivity index (χ0n) is 11.3. The number of hydrogen-bond donors (Lipinski definition) is 1. The van der Waals surface area contributed by atoms with Crippen molar-refractivity contribution in [2.45, 2.75) is 13.8 Å². The normalized spacial score (nSPS) is 10.3. The number of anilines is 1. The molecule has 0 spiro atoms. The van der Waals surface area contributed by atoms with Crippen LogP contribution in [-0.2, 0) is 0 Å². The Balaban J connectivity index is 2.44. The summed E-state index contributed by atoms with van der Waals surface area (Å²) in [6, 6.07) is 9.89. The highest BCUT2D eigenvalue weighted by atomic mass is 32.1. The highest BCUT2D eigenvalue weighted by Crippen LogP contribution is 2.36. The zero-order chi connectivity index (χ0) is 13.8. The lowest BCUT2D eigenvalue weighted by Crippen LogP contribution is -1.99. The lowest BCUT2D eigenvalue weighted by molar-refractivity contribution is 0.102. The number of rotatable bonds is 5. The largest absolute Gasteiger partial charge is 0.497 e. The molecule has 0 radical (unpaired) electrons. The van der Waals surface area contributed by atoms with Crippen molar-refractivity contribution >= 4 is 22.8 Å². The Labute approximate surface area is 117 Å². The summed E-state index contributed by atoms with van der Waals surface area (Å²) in [7, 11) is 1.65. The van der Waals surface area contributed by atoms with Crippen molar-refractivity contribution in [3.63, 3.8) is 0 Å². The van der Waals surface area contributed by atoms with E-state index in [1.807, 2.05) is 37.3 Å². The first-order valence-electron chi connectivity index (χ1n) is 6.18. The SMILES string of the molecule is CCNc1cc(-c2cccc(OC)c2)sc1C(C)=O. The van der Waals surface area contributed by atoms with E-state index in [4.69, 9.17) is 4.74 Å². The smallest absolute Gasteiger partial charge is 0.171 e. The molecule has 2 aromatic rings. The Morgan fingerprint density at radius 2 is 2.16 bits per heavy atom. The van der Waals surface area contributed by atoms with E-state index in [9.17, 15) is 4.79 Å². The molecule has 2 rings (SSSR count). The van der Waals surface area contributed by atoms with Crippen LogP contribution >= 0.6 is 11.3 Å². The summed E-state index contributed by atoms with van der Waals surface area (Å²) in [4.78, 5) is 13.5. The van der Waals surface area contributed by atoms with Gasteiger partial charge in [0.25, 0.3) is 0 Å². The van der Waals surface area contributed by atoms with Crippen molar-refractivity contribution in [2.24, 2.45) is 0 Å². The number of ether oxygens (including phenoxy) is 1. The van der Waals surface area contributed by atoms with Gasteiger partial charge < -0.3 is 10.1 Å². The predicted octanol–water partition coefficient (Wildman–Crippen LogP) is 4.06. The van der Waals surface area contributed by atoms with Crippen molar-refractivity contribution in [3.05, 3.63) is 35.2 Å². The van der Waals surface area contributed by atoms with Crippen LogP contribution in [-0.4, -0.2) is 19.4 Å². The van der Waals surface area contributed by atoms with Crippen molar-refractivity contribution in [3.8, 4) is 16.2 Å². The topological polar surface area (TPSA) is 38.3 Å². The van der Waals surface area contributed by atoms with Gasteiger partial charge >= 0.3 is 0 Å². The average molecular weight is 275 g/mol. The summed E-state index contributed by atoms with van der Waals surface area (Å²) in [5.41, 5.74) is 1.98. The molecule has 1 heterocycles. The molecule has 0 bridgehead atoms. The maximum Gasteiger partial charge on any atom is 0.171 e. The molecule has 1 N–H and O–H groups in total. The molecule has 100 valence electrons. The Morgan fingerprint density at radius 1 is 1.37 bits per heavy atom. The fourth-order valence-corrected chi connectivity index (χ4v) is 2.92. The molecule has 0 aliphatic carbocycles. The van der Waals surface area contributed by atoms with Gasteiger partial charge in [0.1, 0.15) is 5.75 Å². The quantitative estimate of drug-likeness (QED) is 0.836. The van der Waals surface area contributed by atoms with Crippen molar-refractivity contribution in [1.82, 2.24) is 0 Å². The number of Topliss-reactive ketones (excluding diaryl/α,β-unsaturated/α-hetero) is 1. The van der Waals surface area contributed by atoms with Crippen LogP contribution in [0.2, 0.25) is 0 Å². The molecule has 3 nitrogen and oxygen atoms in total. The Hall–Kier alpha value is -1.81. The van der Waals surface area contributed by atoms with Crippen LogP contribution in [0.3, 0.4) is 0 Å². The lowest BCUT2D eigenvalue weighted by atomic mass is 10.1. The zero-order valence-corrected chi connectivity index (χ0v) is 12.1. The van der Waals surface area contributed by atoms with Crippen LogP contribution in [0.1, 0.15) is 23.5 Å². The molecule has 0 saturated heterocycles. The summed E-state index contributed by atoms with van der Waals surface area (Å²) in [6.07, 6.45) is 0. The summed E-state index contributed by atoms with van der Waals surface area (Å²) in [5.74, 6) is 0.912. The van der Waals surface area contributed by atoms with Crippen LogP contribution in [0.4, 0.5) is 5.69 Å². The number of hydrogen-bond acceptors (Lipinski definition) is 4. The molecule has 19 heavy (non-hydrogen) atoms. The van der Waals surface area contributed by atoms with Gasteiger partial charge in [0, 0.05) is 18.3 Å². The van der Waals surface area contributed by atoms with Crippen LogP contribution in [0.25, 0.3) is 10.4 Å². The van der Waals surface area contributed by atoms with E-state index in [1.54, 1.807) is 14.0 Å². The van der Waals surface area contributed by atoms with E-state index in [2.05, 4.69) is 5.32 Å². The second kappa shape index (κ2) is 5.89. The van der Waals surface area contributed by atoms with Gasteiger partial charge in [-0.25, -0.2) is 0 Å². The van der Waals surface area contributed by atoms with Crippen molar-refractivity contribution in [1.29, 1.82) is 0 Å². The van der Waals surface area contributed by atoms with Gasteiger partial charge in [-0.1, -0.05) is 12.1 Å². The first-order chi connectivity index (χ1) is 9.15. The molecule has 1 aromatic heterocycles. The molecule has 0 fully saturated rings. The fraction of sp³-hybridized carbons (Fsp3) is 0.267. The number of methoxy groups -OCH3 is 1. The van der Waals surface area contributed by atoms with E-state index in [0.717, 1.165) is 33.3 Å². The molecule has 0 unspecified atom stereocenters. The minimum Gasteiger partial charge on any atom is -0.497 e. The van der Waals surface area contributed by atoms with Crippen LogP contribution < -0.4 is 10.1 Å². The second-order valence-corrected chi connectivity index (χ2v) is 5.22. The van der Waals surface area contributed by atoms with Crippen LogP contribution in [0.5, 0.6) is 5.75 Å². The van der Waals surface area contributed by atoms with Crippen LogP contribution in [0.15, 0.2) is 30.3 Å². The Bertz CT molecular complexity index is 590. The monoisotopic (exact) mass is 275 g/mol. The Morgan fingerprint density at radius 3 is 2.79 bits per heavy atom. The highest BCUT2D eigenvalue weighted by molar-refractivity contribution is 7.18. The summed E-state index contributed by atoms with van der Waals surface area (Å²) >= 11 is 1.51. The van der Waals surface area contributed by atoms with E-state index in [-0.39, 0.29) is 5.78 Å². The lowest BCUT2D eigenvalue weighted by Gasteiger charge is -2.02. The molecular weight excluding hydrogens is 258 g/mol. The third-order valence-corrected chi connectivity index (χ3v) is 4.06. The highest BCUT2D eigenvalue weighted by Gasteiger charge is 2.13. The first kappa shape index (κ1) is 13.6. The molecule has 4 heteroatoms. The molecular formula is C15H17NO2S. The van der Waals surface area contributed by atoms with Crippen LogP contribution in [0, 0.1) is 0 Å². The number of carbonyl (C=O) groups excluding carboxylic acids is 1. The minimum atomic E-state index is 0.0927. The molecule has 1 aromatic carbocycles. The summed E-state index contributed by atoms with van der Waals surface area (Å²) in [6.45, 7) is 4.42. The van der Waals surface area contributed by atoms with Gasteiger partial charge in [-0.2, -0.15) is 0 Å². The third kappa shape index (κ3) is 2.96. The maximum atomic E-state index is 11.7. The molecule has 0 aliphatic heterocycles. The molecule has 0 aliphatic rings. The number of carbonyl (C=O) groups is 1. The number of nitrogens with one attached hydrogen (secondary N) is 1. The van der Waals surface area contributed by atoms with E-state index in [0.29, 0.717) is 0 Å². The van der Waals surface area contributed by atoms with Crippen molar-refractivity contribution < 1.29 is 9.53 Å². The Kier molecular flexibility index (Phi) is 4.22. The number of ketones is 1. The van der Waals surface area contributed by atoms with E-state index < -0.39 is 0 Å². The third-order valence-electron chi connectivity index (χ3n) is 2.77. The molecule has 0 saturated carbocycles. The van der Waals surface area contributed by atoms with Gasteiger partial charge in [-0.05, 0) is 30.7 Å². The first-order valence-corrected chi connectivity index (χ1v) is 7.00. The van der Waals surface area contributed by atoms with Crippen molar-refractivity contribution in [2.75, 3.05) is 19.0 Å². The minimum absolute atomic E-state index is 0.0927. The molecule has 0 atom stereocenters. The van der Waals surface area contributed by atoms with Gasteiger partial charge in [0.2, 0.25) is 0 Å². The average Bonchev–Trinajstić information content (AvgIpc) is 2.83. The summed E-state index contributed by atoms with van der Waals surface area (Å²) in [5, 5.41) is 3.23.